The summed E-state index contributed by atoms with van der Waals surface area (Å²) in [6, 6.07) is 3.99. The van der Waals surface area contributed by atoms with Crippen LogP contribution in [-0.4, -0.2) is 29.7 Å². The fourth-order valence-electron chi connectivity index (χ4n) is 1.36. The van der Waals surface area contributed by atoms with Gasteiger partial charge in [-0.1, -0.05) is 6.07 Å². The number of nitrogens with zero attached hydrogens (tertiary/aromatic N) is 3. The molecule has 12 heavy (non-hydrogen) atoms. The summed E-state index contributed by atoms with van der Waals surface area (Å²) < 4.78 is 0. The number of aliphatic imine (C=N–C) groups is 1. The first-order valence-electron chi connectivity index (χ1n) is 4.00. The average Bonchev–Trinajstić information content (AvgIpc) is 2.53. The van der Waals surface area contributed by atoms with Gasteiger partial charge in [-0.2, -0.15) is 0 Å². The van der Waals surface area contributed by atoms with E-state index in [1.54, 1.807) is 6.20 Å². The van der Waals surface area contributed by atoms with Gasteiger partial charge >= 0.3 is 0 Å². The second kappa shape index (κ2) is 3.03. The van der Waals surface area contributed by atoms with Crippen molar-refractivity contribution in [2.75, 3.05) is 13.6 Å². The molecular formula is C9H11N3. The Morgan fingerprint density at radius 1 is 1.58 bits per heavy atom. The molecule has 1 unspecified atom stereocenters. The van der Waals surface area contributed by atoms with Crippen LogP contribution in [0.2, 0.25) is 0 Å². The van der Waals surface area contributed by atoms with Gasteiger partial charge in [-0.3, -0.25) is 14.9 Å². The molecule has 62 valence electrons. The maximum atomic E-state index is 4.35. The summed E-state index contributed by atoms with van der Waals surface area (Å²) in [7, 11) is 2.06. The average molecular weight is 161 g/mol. The van der Waals surface area contributed by atoms with Gasteiger partial charge in [0.2, 0.25) is 0 Å². The Balaban J connectivity index is 2.25. The summed E-state index contributed by atoms with van der Waals surface area (Å²) in [6.07, 6.45) is 5.77. The predicted octanol–water partition coefficient (Wildman–Crippen LogP) is 1.10. The monoisotopic (exact) mass is 161 g/mol. The van der Waals surface area contributed by atoms with E-state index >= 15 is 0 Å². The van der Waals surface area contributed by atoms with E-state index in [0.29, 0.717) is 0 Å². The van der Waals surface area contributed by atoms with E-state index in [0.717, 1.165) is 12.1 Å². The van der Waals surface area contributed by atoms with Crippen LogP contribution in [0.5, 0.6) is 0 Å². The SMILES string of the molecule is CN1CC=NC1c1cccnc1. The molecule has 0 radical (unpaired) electrons. The minimum absolute atomic E-state index is 0.179. The summed E-state index contributed by atoms with van der Waals surface area (Å²) in [4.78, 5) is 10.6. The van der Waals surface area contributed by atoms with Crippen LogP contribution in [0.25, 0.3) is 0 Å². The van der Waals surface area contributed by atoms with Gasteiger partial charge in [-0.25, -0.2) is 0 Å². The molecule has 1 aromatic heterocycles. The lowest BCUT2D eigenvalue weighted by Crippen LogP contribution is -2.18. The summed E-state index contributed by atoms with van der Waals surface area (Å²) in [5, 5.41) is 0. The number of aromatic nitrogens is 1. The predicted molar refractivity (Wildman–Crippen MR) is 48.1 cm³/mol. The van der Waals surface area contributed by atoms with Gasteiger partial charge in [0.15, 0.2) is 0 Å². The lowest BCUT2D eigenvalue weighted by molar-refractivity contribution is 0.313. The maximum Gasteiger partial charge on any atom is 0.129 e. The molecule has 1 aromatic rings. The van der Waals surface area contributed by atoms with Crippen molar-refractivity contribution in [3.8, 4) is 0 Å². The first kappa shape index (κ1) is 7.43. The summed E-state index contributed by atoms with van der Waals surface area (Å²) >= 11 is 0. The third kappa shape index (κ3) is 1.23. The Morgan fingerprint density at radius 3 is 3.08 bits per heavy atom. The Hall–Kier alpha value is -1.22. The highest BCUT2D eigenvalue weighted by atomic mass is 15.3. The van der Waals surface area contributed by atoms with Crippen molar-refractivity contribution in [3.05, 3.63) is 30.1 Å². The fraction of sp³-hybridized carbons (Fsp3) is 0.333. The Kier molecular flexibility index (Phi) is 1.87. The van der Waals surface area contributed by atoms with Crippen molar-refractivity contribution in [1.82, 2.24) is 9.88 Å². The van der Waals surface area contributed by atoms with Crippen LogP contribution in [0.1, 0.15) is 11.7 Å². The molecule has 3 heteroatoms. The second-order valence-corrected chi connectivity index (χ2v) is 2.93. The first-order chi connectivity index (χ1) is 5.88. The van der Waals surface area contributed by atoms with E-state index in [2.05, 4.69) is 28.0 Å². The van der Waals surface area contributed by atoms with Crippen LogP contribution in [0.15, 0.2) is 29.5 Å². The van der Waals surface area contributed by atoms with Crippen LogP contribution < -0.4 is 0 Å². The number of hydrogen-bond donors (Lipinski definition) is 0. The molecule has 2 heterocycles. The molecule has 2 rings (SSSR count). The molecular weight excluding hydrogens is 150 g/mol. The van der Waals surface area contributed by atoms with Crippen LogP contribution in [0.4, 0.5) is 0 Å². The fourth-order valence-corrected chi connectivity index (χ4v) is 1.36. The van der Waals surface area contributed by atoms with Gasteiger partial charge in [-0.05, 0) is 13.1 Å². The molecule has 0 spiro atoms. The van der Waals surface area contributed by atoms with E-state index in [-0.39, 0.29) is 6.17 Å². The van der Waals surface area contributed by atoms with Crippen molar-refractivity contribution in [2.24, 2.45) is 4.99 Å². The second-order valence-electron chi connectivity index (χ2n) is 2.93. The van der Waals surface area contributed by atoms with Crippen LogP contribution in [0.3, 0.4) is 0 Å². The first-order valence-corrected chi connectivity index (χ1v) is 4.00. The van der Waals surface area contributed by atoms with Crippen molar-refractivity contribution in [2.45, 2.75) is 6.17 Å². The minimum Gasteiger partial charge on any atom is -0.276 e. The molecule has 0 aromatic carbocycles. The van der Waals surface area contributed by atoms with E-state index in [4.69, 9.17) is 0 Å². The Bertz CT molecular complexity index is 281. The maximum absolute atomic E-state index is 4.35. The van der Waals surface area contributed by atoms with Crippen molar-refractivity contribution < 1.29 is 0 Å². The van der Waals surface area contributed by atoms with Gasteiger partial charge in [0, 0.05) is 30.7 Å². The van der Waals surface area contributed by atoms with Gasteiger partial charge < -0.3 is 0 Å². The zero-order valence-corrected chi connectivity index (χ0v) is 7.01. The lowest BCUT2D eigenvalue weighted by Gasteiger charge is -2.16. The molecule has 1 aliphatic heterocycles. The molecule has 1 atom stereocenters. The highest BCUT2D eigenvalue weighted by molar-refractivity contribution is 5.62. The summed E-state index contributed by atoms with van der Waals surface area (Å²) in [5.41, 5.74) is 1.16. The largest absolute Gasteiger partial charge is 0.276 e. The normalized spacial score (nSPS) is 23.2. The summed E-state index contributed by atoms with van der Waals surface area (Å²) in [6.45, 7) is 0.930. The lowest BCUT2D eigenvalue weighted by atomic mass is 10.2. The molecule has 0 amide bonds. The Labute approximate surface area is 71.8 Å². The Morgan fingerprint density at radius 2 is 2.50 bits per heavy atom. The zero-order chi connectivity index (χ0) is 8.39. The van der Waals surface area contributed by atoms with E-state index in [9.17, 15) is 0 Å². The number of hydrogen-bond acceptors (Lipinski definition) is 3. The molecule has 3 nitrogen and oxygen atoms in total. The molecule has 0 aliphatic carbocycles. The van der Waals surface area contributed by atoms with Crippen LogP contribution in [-0.2, 0) is 0 Å². The van der Waals surface area contributed by atoms with Crippen LogP contribution >= 0.6 is 0 Å². The highest BCUT2D eigenvalue weighted by Gasteiger charge is 2.18. The molecule has 0 saturated carbocycles. The number of pyridine rings is 1. The molecule has 0 bridgehead atoms. The summed E-state index contributed by atoms with van der Waals surface area (Å²) in [5.74, 6) is 0. The van der Waals surface area contributed by atoms with Crippen molar-refractivity contribution in [3.63, 3.8) is 0 Å². The standard InChI is InChI=1S/C9H11N3/c1-12-6-5-11-9(12)8-3-2-4-10-7-8/h2-5,7,9H,6H2,1H3. The van der Waals surface area contributed by atoms with E-state index in [1.165, 1.54) is 0 Å². The van der Waals surface area contributed by atoms with E-state index < -0.39 is 0 Å². The van der Waals surface area contributed by atoms with Crippen molar-refractivity contribution >= 4 is 6.21 Å². The molecule has 0 fully saturated rings. The third-order valence-electron chi connectivity index (χ3n) is 2.02. The number of rotatable bonds is 1. The minimum atomic E-state index is 0.179. The van der Waals surface area contributed by atoms with Gasteiger partial charge in [0.05, 0.1) is 0 Å². The smallest absolute Gasteiger partial charge is 0.129 e. The van der Waals surface area contributed by atoms with Gasteiger partial charge in [-0.15, -0.1) is 0 Å². The highest BCUT2D eigenvalue weighted by Crippen LogP contribution is 2.21. The third-order valence-corrected chi connectivity index (χ3v) is 2.02. The molecule has 0 N–H and O–H groups in total. The zero-order valence-electron chi connectivity index (χ0n) is 7.01. The van der Waals surface area contributed by atoms with Crippen LogP contribution in [0, 0.1) is 0 Å². The molecule has 1 aliphatic rings. The molecule has 0 saturated heterocycles. The van der Waals surface area contributed by atoms with Gasteiger partial charge in [0.1, 0.15) is 6.17 Å². The van der Waals surface area contributed by atoms with E-state index in [1.807, 2.05) is 18.5 Å². The topological polar surface area (TPSA) is 28.5 Å². The van der Waals surface area contributed by atoms with Crippen molar-refractivity contribution in [1.29, 1.82) is 0 Å². The quantitative estimate of drug-likeness (QED) is 0.617. The van der Waals surface area contributed by atoms with Gasteiger partial charge in [0.25, 0.3) is 0 Å².